The van der Waals surface area contributed by atoms with Crippen molar-refractivity contribution < 1.29 is 119 Å². The second-order valence-corrected chi connectivity index (χ2v) is 26.3. The minimum atomic E-state index is -2.18. The summed E-state index contributed by atoms with van der Waals surface area (Å²) in [6.45, 7) is 16.2. The molecule has 78 heavy (non-hydrogen) atoms. The predicted molar refractivity (Wildman–Crippen MR) is 262 cm³/mol. The Bertz CT molecular complexity index is 2260. The molecule has 0 amide bonds. The van der Waals surface area contributed by atoms with E-state index in [4.69, 9.17) is 37.9 Å². The Balaban J connectivity index is 0.949. The van der Waals surface area contributed by atoms with Crippen LogP contribution in [0.25, 0.3) is 0 Å². The van der Waals surface area contributed by atoms with Crippen molar-refractivity contribution in [3.05, 3.63) is 11.6 Å². The summed E-state index contributed by atoms with van der Waals surface area (Å²) >= 11 is 0. The molecule has 0 aromatic rings. The Morgan fingerprint density at radius 1 is 0.577 bits per heavy atom. The largest absolute Gasteiger partial charge is 0.479 e. The van der Waals surface area contributed by atoms with E-state index in [2.05, 4.69) is 54.5 Å². The number of esters is 1. The van der Waals surface area contributed by atoms with Crippen LogP contribution < -0.4 is 0 Å². The monoisotopic (exact) mass is 1120 g/mol. The number of rotatable bonds is 11. The van der Waals surface area contributed by atoms with Gasteiger partial charge in [0.1, 0.15) is 79.4 Å². The number of aliphatic hydroxyl groups excluding tert-OH is 11. The first-order valence-corrected chi connectivity index (χ1v) is 27.7. The van der Waals surface area contributed by atoms with E-state index in [1.54, 1.807) is 0 Å². The maximum Gasteiger partial charge on any atom is 0.335 e. The highest BCUT2D eigenvalue weighted by Gasteiger charge is 2.70. The van der Waals surface area contributed by atoms with Crippen molar-refractivity contribution in [3.8, 4) is 0 Å². The lowest BCUT2D eigenvalue weighted by Gasteiger charge is -2.71. The van der Waals surface area contributed by atoms with Crippen LogP contribution in [-0.4, -0.2) is 220 Å². The number of fused-ring (bicyclic) bond motifs is 7. The van der Waals surface area contributed by atoms with Crippen molar-refractivity contribution in [1.82, 2.24) is 0 Å². The first kappa shape index (κ1) is 60.0. The van der Waals surface area contributed by atoms with Crippen molar-refractivity contribution in [1.29, 1.82) is 0 Å². The molecule has 28 atom stereocenters. The molecule has 0 spiro atoms. The van der Waals surface area contributed by atoms with E-state index >= 15 is 0 Å². The quantitative estimate of drug-likeness (QED) is 0.0683. The number of aliphatic carboxylic acids is 2. The SMILES string of the molecule is CC1OC(OC2C(OC3C(O)C(OC4CCC5(C)C(CCC6(C)C5CC=C5C7CC(C)(C)CCC7(C(=O)OC7OC(CO)C(O)C(O)C7O)CCC56C)C4(C)C)OC(C(=O)O)C3O)OC(C(=O)O)C(O)C2O)C(O)C(O)C1O. The summed E-state index contributed by atoms with van der Waals surface area (Å²) in [4.78, 5) is 39.7. The molecule has 24 heteroatoms. The zero-order chi connectivity index (χ0) is 57.3. The van der Waals surface area contributed by atoms with Crippen molar-refractivity contribution in [2.45, 2.75) is 249 Å². The maximum atomic E-state index is 14.8. The number of ether oxygens (including phenoxy) is 8. The van der Waals surface area contributed by atoms with E-state index in [0.717, 1.165) is 19.3 Å². The zero-order valence-corrected chi connectivity index (χ0v) is 45.5. The highest BCUT2D eigenvalue weighted by molar-refractivity contribution is 5.79. The molecule has 0 bridgehead atoms. The van der Waals surface area contributed by atoms with Crippen LogP contribution in [0.2, 0.25) is 0 Å². The third kappa shape index (κ3) is 9.59. The van der Waals surface area contributed by atoms with Gasteiger partial charge in [-0.2, -0.15) is 0 Å². The number of hydrogen-bond donors (Lipinski definition) is 13. The molecule has 4 heterocycles. The molecule has 28 unspecified atom stereocenters. The summed E-state index contributed by atoms with van der Waals surface area (Å²) in [5.41, 5.74) is -1.43. The Labute approximate surface area is 452 Å². The van der Waals surface area contributed by atoms with E-state index in [0.29, 0.717) is 44.9 Å². The highest BCUT2D eigenvalue weighted by Crippen LogP contribution is 2.76. The van der Waals surface area contributed by atoms with Crippen molar-refractivity contribution in [3.63, 3.8) is 0 Å². The molecule has 5 aliphatic carbocycles. The molecule has 4 saturated heterocycles. The predicted octanol–water partition coefficient (Wildman–Crippen LogP) is -0.823. The van der Waals surface area contributed by atoms with Crippen LogP contribution in [0.3, 0.4) is 0 Å². The van der Waals surface area contributed by atoms with Gasteiger partial charge < -0.3 is 104 Å². The van der Waals surface area contributed by atoms with Gasteiger partial charge in [-0.05, 0) is 116 Å². The smallest absolute Gasteiger partial charge is 0.335 e. The van der Waals surface area contributed by atoms with E-state index in [1.807, 2.05) is 0 Å². The Morgan fingerprint density at radius 2 is 1.17 bits per heavy atom. The minimum absolute atomic E-state index is 0.00736. The molecular weight excluding hydrogens is 1030 g/mol. The fraction of sp³-hybridized carbons (Fsp3) is 0.907. The summed E-state index contributed by atoms with van der Waals surface area (Å²) in [7, 11) is 0. The van der Waals surface area contributed by atoms with Gasteiger partial charge >= 0.3 is 17.9 Å². The summed E-state index contributed by atoms with van der Waals surface area (Å²) in [6.07, 6.45) is -28.7. The van der Waals surface area contributed by atoms with Crippen molar-refractivity contribution >= 4 is 17.9 Å². The average Bonchev–Trinajstić information content (AvgIpc) is 3.39. The summed E-state index contributed by atoms with van der Waals surface area (Å²) < 4.78 is 46.9. The van der Waals surface area contributed by atoms with Crippen molar-refractivity contribution in [2.24, 2.45) is 50.2 Å². The summed E-state index contributed by atoms with van der Waals surface area (Å²) in [6, 6.07) is 0. The summed E-state index contributed by atoms with van der Waals surface area (Å²) in [5.74, 6) is -4.03. The van der Waals surface area contributed by atoms with Crippen LogP contribution in [0.5, 0.6) is 0 Å². The standard InChI is InChI=1S/C54H84O24/c1-21-28(56)30(58)34(62)44(71-21)77-41-33(61)32(60)39(42(66)67)76-47(41)74-38-36(64)40(43(68)69)75-46(37(38)65)73-27-12-13-51(6)25(50(27,4)5)11-14-53(8)26(51)10-9-22-23-19-49(2,3)15-17-54(23,18-16-52(22,53)7)48(70)78-45-35(63)31(59)29(57)24(20-55)72-45/h9,21,23-41,44-47,55-65H,10-20H2,1-8H3,(H,66,67)(H,68,69). The first-order chi connectivity index (χ1) is 36.3. The topological polar surface area (TPSA) is 388 Å². The molecule has 13 N–H and O–H groups in total. The normalized spacial score (nSPS) is 52.8. The molecular formula is C54H84O24. The molecule has 9 aliphatic rings. The lowest BCUT2D eigenvalue weighted by molar-refractivity contribution is -0.386. The van der Waals surface area contributed by atoms with Crippen molar-refractivity contribution in [2.75, 3.05) is 6.61 Å². The van der Waals surface area contributed by atoms with Gasteiger partial charge in [0.2, 0.25) is 6.29 Å². The lowest BCUT2D eigenvalue weighted by Crippen LogP contribution is -2.68. The second kappa shape index (κ2) is 21.2. The van der Waals surface area contributed by atoms with E-state index in [-0.39, 0.29) is 39.4 Å². The van der Waals surface area contributed by atoms with Crippen LogP contribution in [0.15, 0.2) is 11.6 Å². The molecule has 9 rings (SSSR count). The number of carbonyl (C=O) groups is 3. The molecule has 4 saturated carbocycles. The third-order valence-corrected chi connectivity index (χ3v) is 21.3. The fourth-order valence-corrected chi connectivity index (χ4v) is 16.4. The molecule has 0 aromatic carbocycles. The fourth-order valence-electron chi connectivity index (χ4n) is 16.4. The molecule has 24 nitrogen and oxygen atoms in total. The average molecular weight is 1120 g/mol. The van der Waals surface area contributed by atoms with Gasteiger partial charge in [-0.15, -0.1) is 0 Å². The third-order valence-electron chi connectivity index (χ3n) is 21.3. The Kier molecular flexibility index (Phi) is 16.4. The molecule has 4 aliphatic heterocycles. The number of aliphatic hydroxyl groups is 11. The van der Waals surface area contributed by atoms with E-state index < -0.39 is 164 Å². The number of carbonyl (C=O) groups excluding carboxylic acids is 1. The number of allylic oxidation sites excluding steroid dienone is 2. The van der Waals surface area contributed by atoms with Gasteiger partial charge in [-0.1, -0.05) is 60.1 Å². The Morgan fingerprint density at radius 3 is 1.82 bits per heavy atom. The van der Waals surface area contributed by atoms with E-state index in [9.17, 15) is 80.8 Å². The van der Waals surface area contributed by atoms with Gasteiger partial charge in [0.25, 0.3) is 0 Å². The van der Waals surface area contributed by atoms with Crippen LogP contribution in [0, 0.1) is 50.2 Å². The highest BCUT2D eigenvalue weighted by atomic mass is 16.8. The molecule has 0 radical (unpaired) electrons. The van der Waals surface area contributed by atoms with E-state index in [1.165, 1.54) is 12.5 Å². The van der Waals surface area contributed by atoms with Gasteiger partial charge in [-0.25, -0.2) is 9.59 Å². The van der Waals surface area contributed by atoms with Crippen LogP contribution in [0.4, 0.5) is 0 Å². The van der Waals surface area contributed by atoms with Crippen LogP contribution in [-0.2, 0) is 52.3 Å². The number of carboxylic acids is 2. The number of carboxylic acid groups (broad SMARTS) is 2. The van der Waals surface area contributed by atoms with Crippen LogP contribution in [0.1, 0.15) is 120 Å². The number of hydrogen-bond acceptors (Lipinski definition) is 22. The molecule has 8 fully saturated rings. The second-order valence-electron chi connectivity index (χ2n) is 26.3. The lowest BCUT2D eigenvalue weighted by atomic mass is 9.33. The summed E-state index contributed by atoms with van der Waals surface area (Å²) in [5, 5.41) is 139. The van der Waals surface area contributed by atoms with Crippen LogP contribution >= 0.6 is 0 Å². The Hall–Kier alpha value is -2.57. The van der Waals surface area contributed by atoms with Gasteiger partial charge in [-0.3, -0.25) is 4.79 Å². The maximum absolute atomic E-state index is 14.8. The minimum Gasteiger partial charge on any atom is -0.479 e. The van der Waals surface area contributed by atoms with Gasteiger partial charge in [0.15, 0.2) is 31.1 Å². The first-order valence-electron chi connectivity index (χ1n) is 27.7. The zero-order valence-electron chi connectivity index (χ0n) is 45.5. The molecule has 444 valence electrons. The van der Waals surface area contributed by atoms with Gasteiger partial charge in [0.05, 0.1) is 24.2 Å². The van der Waals surface area contributed by atoms with Gasteiger partial charge in [0, 0.05) is 0 Å². The molecule has 0 aromatic heterocycles.